The second-order valence-corrected chi connectivity index (χ2v) is 7.33. The van der Waals surface area contributed by atoms with E-state index >= 15 is 0 Å². The van der Waals surface area contributed by atoms with E-state index in [2.05, 4.69) is 14.7 Å². The van der Waals surface area contributed by atoms with Gasteiger partial charge >= 0.3 is 5.97 Å². The molecule has 29 heavy (non-hydrogen) atoms. The number of hydrogen-bond donors (Lipinski definition) is 0. The van der Waals surface area contributed by atoms with Crippen LogP contribution >= 0.6 is 23.1 Å². The summed E-state index contributed by atoms with van der Waals surface area (Å²) in [5.41, 5.74) is 2.78. The molecule has 0 atom stereocenters. The highest BCUT2D eigenvalue weighted by Gasteiger charge is 2.21. The molecule has 2 aromatic carbocycles. The van der Waals surface area contributed by atoms with Crippen LogP contribution in [0.5, 0.6) is 5.75 Å². The zero-order valence-corrected chi connectivity index (χ0v) is 16.9. The van der Waals surface area contributed by atoms with E-state index in [1.165, 1.54) is 0 Å². The number of carbonyl (C=O) groups excluding carboxylic acids is 1. The smallest absolute Gasteiger partial charge is 0.342 e. The van der Waals surface area contributed by atoms with E-state index in [-0.39, 0.29) is 6.61 Å². The molecule has 7 nitrogen and oxygen atoms in total. The Labute approximate surface area is 175 Å². The molecule has 146 valence electrons. The maximum absolute atomic E-state index is 12.8. The van der Waals surface area contributed by atoms with E-state index in [0.29, 0.717) is 27.0 Å². The lowest BCUT2D eigenvalue weighted by atomic mass is 10.1. The number of ether oxygens (including phenoxy) is 2. The summed E-state index contributed by atoms with van der Waals surface area (Å²) in [5, 5.41) is 8.48. The van der Waals surface area contributed by atoms with E-state index < -0.39 is 5.97 Å². The van der Waals surface area contributed by atoms with Gasteiger partial charge in [0.2, 0.25) is 0 Å². The Balaban J connectivity index is 1.71. The molecule has 2 heterocycles. The molecule has 0 unspecified atom stereocenters. The van der Waals surface area contributed by atoms with E-state index in [1.807, 2.05) is 54.6 Å². The average molecular weight is 427 g/mol. The van der Waals surface area contributed by atoms with Crippen LogP contribution in [0.4, 0.5) is 0 Å². The molecule has 0 amide bonds. The SMILES string of the molecule is COc1cccc(-c2nn(-c3ccccc3)cc2C(=O)OCc2nnsc2Cl)c1. The van der Waals surface area contributed by atoms with Crippen LogP contribution in [-0.2, 0) is 11.3 Å². The normalized spacial score (nSPS) is 10.7. The Morgan fingerprint density at radius 1 is 1.17 bits per heavy atom. The van der Waals surface area contributed by atoms with Gasteiger partial charge in [-0.1, -0.05) is 46.4 Å². The van der Waals surface area contributed by atoms with Gasteiger partial charge in [-0.25, -0.2) is 9.48 Å². The van der Waals surface area contributed by atoms with Crippen molar-refractivity contribution in [2.75, 3.05) is 7.11 Å². The second-order valence-electron chi connectivity index (χ2n) is 5.97. The first-order chi connectivity index (χ1) is 14.2. The van der Waals surface area contributed by atoms with Gasteiger partial charge in [-0.2, -0.15) is 5.10 Å². The number of carbonyl (C=O) groups is 1. The topological polar surface area (TPSA) is 79.1 Å². The molecule has 2 aromatic heterocycles. The Bertz CT molecular complexity index is 1140. The highest BCUT2D eigenvalue weighted by molar-refractivity contribution is 7.10. The summed E-state index contributed by atoms with van der Waals surface area (Å²) in [6.07, 6.45) is 1.65. The number of esters is 1. The molecule has 0 fully saturated rings. The number of benzene rings is 2. The number of rotatable bonds is 6. The van der Waals surface area contributed by atoms with Crippen molar-refractivity contribution in [3.05, 3.63) is 76.4 Å². The monoisotopic (exact) mass is 426 g/mol. The van der Waals surface area contributed by atoms with Crippen molar-refractivity contribution >= 4 is 29.1 Å². The molecule has 0 saturated heterocycles. The van der Waals surface area contributed by atoms with E-state index in [4.69, 9.17) is 21.1 Å². The van der Waals surface area contributed by atoms with Crippen molar-refractivity contribution in [3.8, 4) is 22.7 Å². The molecule has 0 saturated carbocycles. The molecule has 9 heteroatoms. The van der Waals surface area contributed by atoms with E-state index in [1.54, 1.807) is 18.0 Å². The predicted octanol–water partition coefficient (Wildman–Crippen LogP) is 4.41. The van der Waals surface area contributed by atoms with Crippen molar-refractivity contribution < 1.29 is 14.3 Å². The lowest BCUT2D eigenvalue weighted by Gasteiger charge is -2.05. The number of para-hydroxylation sites is 1. The van der Waals surface area contributed by atoms with Crippen LogP contribution in [0.15, 0.2) is 60.8 Å². The van der Waals surface area contributed by atoms with E-state index in [0.717, 1.165) is 22.8 Å². The third kappa shape index (κ3) is 4.13. The quantitative estimate of drug-likeness (QED) is 0.425. The van der Waals surface area contributed by atoms with Gasteiger partial charge in [-0.3, -0.25) is 0 Å². The largest absolute Gasteiger partial charge is 0.497 e. The van der Waals surface area contributed by atoms with Crippen LogP contribution < -0.4 is 4.74 Å². The van der Waals surface area contributed by atoms with Crippen molar-refractivity contribution in [2.24, 2.45) is 0 Å². The van der Waals surface area contributed by atoms with Gasteiger partial charge < -0.3 is 9.47 Å². The molecular weight excluding hydrogens is 412 g/mol. The first-order valence-electron chi connectivity index (χ1n) is 8.59. The minimum atomic E-state index is -0.533. The minimum absolute atomic E-state index is 0.0672. The van der Waals surface area contributed by atoms with Gasteiger partial charge in [0.25, 0.3) is 0 Å². The van der Waals surface area contributed by atoms with E-state index in [9.17, 15) is 4.79 Å². The number of halogens is 1. The van der Waals surface area contributed by atoms with Crippen LogP contribution in [0, 0.1) is 0 Å². The summed E-state index contributed by atoms with van der Waals surface area (Å²) in [4.78, 5) is 12.8. The van der Waals surface area contributed by atoms with Gasteiger partial charge in [0, 0.05) is 23.3 Å². The fourth-order valence-electron chi connectivity index (χ4n) is 2.71. The maximum atomic E-state index is 12.8. The summed E-state index contributed by atoms with van der Waals surface area (Å²) in [6.45, 7) is -0.0672. The van der Waals surface area contributed by atoms with Crippen molar-refractivity contribution in [2.45, 2.75) is 6.61 Å². The van der Waals surface area contributed by atoms with Crippen LogP contribution in [0.25, 0.3) is 16.9 Å². The third-order valence-electron chi connectivity index (χ3n) is 4.15. The van der Waals surface area contributed by atoms with Crippen LogP contribution in [0.3, 0.4) is 0 Å². The average Bonchev–Trinajstić information content (AvgIpc) is 3.39. The fraction of sp³-hybridized carbons (Fsp3) is 0.100. The molecule has 0 spiro atoms. The van der Waals surface area contributed by atoms with Crippen molar-refractivity contribution in [3.63, 3.8) is 0 Å². The summed E-state index contributed by atoms with van der Waals surface area (Å²) in [5.74, 6) is 0.130. The second kappa shape index (κ2) is 8.42. The molecular formula is C20H15ClN4O3S. The Morgan fingerprint density at radius 3 is 2.72 bits per heavy atom. The van der Waals surface area contributed by atoms with Crippen molar-refractivity contribution in [1.82, 2.24) is 19.4 Å². The minimum Gasteiger partial charge on any atom is -0.497 e. The first kappa shape index (κ1) is 19.1. The fourth-order valence-corrected chi connectivity index (χ4v) is 3.32. The summed E-state index contributed by atoms with van der Waals surface area (Å²) in [7, 11) is 1.59. The summed E-state index contributed by atoms with van der Waals surface area (Å²) >= 11 is 7.03. The zero-order valence-electron chi connectivity index (χ0n) is 15.3. The lowest BCUT2D eigenvalue weighted by Crippen LogP contribution is -2.06. The molecule has 4 aromatic rings. The molecule has 0 bridgehead atoms. The van der Waals surface area contributed by atoms with Gasteiger partial charge in [0.1, 0.15) is 33.6 Å². The molecule has 0 aliphatic rings. The van der Waals surface area contributed by atoms with Gasteiger partial charge in [-0.15, -0.1) is 5.10 Å². The summed E-state index contributed by atoms with van der Waals surface area (Å²) < 4.78 is 16.5. The molecule has 0 aliphatic heterocycles. The Kier molecular flexibility index (Phi) is 5.55. The van der Waals surface area contributed by atoms with Crippen LogP contribution in [0.1, 0.15) is 16.1 Å². The number of methoxy groups -OCH3 is 1. The molecule has 0 N–H and O–H groups in total. The maximum Gasteiger partial charge on any atom is 0.342 e. The third-order valence-corrected chi connectivity index (χ3v) is 5.13. The highest BCUT2D eigenvalue weighted by atomic mass is 35.5. The standard InChI is InChI=1S/C20H15ClN4O3S/c1-27-15-9-5-6-13(10-15)18-16(11-25(23-18)14-7-3-2-4-8-14)20(26)28-12-17-19(21)29-24-22-17/h2-11H,12H2,1H3. The van der Waals surface area contributed by atoms with Gasteiger partial charge in [-0.05, 0) is 24.3 Å². The first-order valence-corrected chi connectivity index (χ1v) is 9.74. The highest BCUT2D eigenvalue weighted by Crippen LogP contribution is 2.28. The number of hydrogen-bond acceptors (Lipinski definition) is 7. The molecule has 4 rings (SSSR count). The lowest BCUT2D eigenvalue weighted by molar-refractivity contribution is 0.0469. The van der Waals surface area contributed by atoms with Crippen LogP contribution in [0.2, 0.25) is 4.34 Å². The van der Waals surface area contributed by atoms with Gasteiger partial charge in [0.05, 0.1) is 12.8 Å². The number of nitrogens with zero attached hydrogens (tertiary/aromatic N) is 4. The predicted molar refractivity (Wildman–Crippen MR) is 110 cm³/mol. The Morgan fingerprint density at radius 2 is 2.00 bits per heavy atom. The van der Waals surface area contributed by atoms with Crippen LogP contribution in [-0.4, -0.2) is 32.4 Å². The van der Waals surface area contributed by atoms with Crippen molar-refractivity contribution in [1.29, 1.82) is 0 Å². The van der Waals surface area contributed by atoms with Gasteiger partial charge in [0.15, 0.2) is 0 Å². The summed E-state index contributed by atoms with van der Waals surface area (Å²) in [6, 6.07) is 16.9. The number of aromatic nitrogens is 4. The Hall–Kier alpha value is -3.23. The molecule has 0 radical (unpaired) electrons. The zero-order chi connectivity index (χ0) is 20.2. The molecule has 0 aliphatic carbocycles.